The molecule has 0 spiro atoms. The summed E-state index contributed by atoms with van der Waals surface area (Å²) in [7, 11) is 0. The molecule has 0 fully saturated rings. The summed E-state index contributed by atoms with van der Waals surface area (Å²) in [5, 5.41) is 0. The lowest BCUT2D eigenvalue weighted by Gasteiger charge is -2.35. The smallest absolute Gasteiger partial charge is 0.135 e. The van der Waals surface area contributed by atoms with Crippen LogP contribution in [-0.4, -0.2) is 4.98 Å². The van der Waals surface area contributed by atoms with E-state index < -0.39 is 11.6 Å². The number of halogens is 2. The standard InChI is InChI=1S/C18H21F2N.C2H6/c1-5-18(4,12(2)3)14-10-13(19)11-15(20)17(14)16-8-6-7-9-21-16;1-2/h6-12H,5H2,1-4H3;1-2H3. The van der Waals surface area contributed by atoms with Crippen LogP contribution < -0.4 is 0 Å². The van der Waals surface area contributed by atoms with Crippen LogP contribution in [-0.2, 0) is 5.41 Å². The maximum absolute atomic E-state index is 14.4. The van der Waals surface area contributed by atoms with Gasteiger partial charge in [-0.15, -0.1) is 0 Å². The van der Waals surface area contributed by atoms with Gasteiger partial charge in [0.05, 0.1) is 5.69 Å². The Kier molecular flexibility index (Phi) is 6.86. The predicted molar refractivity (Wildman–Crippen MR) is 93.4 cm³/mol. The van der Waals surface area contributed by atoms with Crippen molar-refractivity contribution in [1.29, 1.82) is 0 Å². The van der Waals surface area contributed by atoms with Crippen LogP contribution in [0.2, 0.25) is 0 Å². The molecule has 0 saturated carbocycles. The Morgan fingerprint density at radius 2 is 1.78 bits per heavy atom. The molecule has 1 unspecified atom stereocenters. The number of benzene rings is 1. The molecule has 23 heavy (non-hydrogen) atoms. The minimum absolute atomic E-state index is 0.256. The molecule has 1 heterocycles. The van der Waals surface area contributed by atoms with Crippen LogP contribution in [0.4, 0.5) is 8.78 Å². The van der Waals surface area contributed by atoms with Crippen LogP contribution in [0.3, 0.4) is 0 Å². The minimum Gasteiger partial charge on any atom is -0.256 e. The molecular weight excluding hydrogens is 292 g/mol. The monoisotopic (exact) mass is 319 g/mol. The summed E-state index contributed by atoms with van der Waals surface area (Å²) < 4.78 is 28.2. The molecule has 2 rings (SSSR count). The SMILES string of the molecule is CC.CCC(C)(c1cc(F)cc(F)c1-c1ccccn1)C(C)C. The molecule has 126 valence electrons. The van der Waals surface area contributed by atoms with E-state index in [0.29, 0.717) is 16.8 Å². The van der Waals surface area contributed by atoms with Crippen molar-refractivity contribution in [2.24, 2.45) is 5.92 Å². The number of hydrogen-bond acceptors (Lipinski definition) is 1. The van der Waals surface area contributed by atoms with E-state index in [0.717, 1.165) is 12.5 Å². The molecule has 1 nitrogen and oxygen atoms in total. The Labute approximate surface area is 138 Å². The number of hydrogen-bond donors (Lipinski definition) is 0. The fourth-order valence-electron chi connectivity index (χ4n) is 2.70. The lowest BCUT2D eigenvalue weighted by atomic mass is 9.69. The third-order valence-corrected chi connectivity index (χ3v) is 4.60. The Balaban J connectivity index is 0.00000127. The van der Waals surface area contributed by atoms with E-state index in [1.165, 1.54) is 6.07 Å². The van der Waals surface area contributed by atoms with E-state index in [-0.39, 0.29) is 11.3 Å². The van der Waals surface area contributed by atoms with Crippen molar-refractivity contribution in [2.75, 3.05) is 0 Å². The molecule has 0 radical (unpaired) electrons. The van der Waals surface area contributed by atoms with Crippen molar-refractivity contribution < 1.29 is 8.78 Å². The molecule has 2 aromatic rings. The highest BCUT2D eigenvalue weighted by Gasteiger charge is 2.33. The zero-order chi connectivity index (χ0) is 17.6. The van der Waals surface area contributed by atoms with Gasteiger partial charge < -0.3 is 0 Å². The number of pyridine rings is 1. The summed E-state index contributed by atoms with van der Waals surface area (Å²) in [6.45, 7) is 12.3. The molecule has 1 aromatic heterocycles. The zero-order valence-electron chi connectivity index (χ0n) is 15.0. The van der Waals surface area contributed by atoms with Crippen molar-refractivity contribution in [3.63, 3.8) is 0 Å². The largest absolute Gasteiger partial charge is 0.256 e. The molecule has 0 saturated heterocycles. The molecule has 1 atom stereocenters. The average molecular weight is 319 g/mol. The molecule has 0 N–H and O–H groups in total. The van der Waals surface area contributed by atoms with Gasteiger partial charge in [-0.1, -0.05) is 47.6 Å². The van der Waals surface area contributed by atoms with Crippen molar-refractivity contribution in [2.45, 2.75) is 53.4 Å². The van der Waals surface area contributed by atoms with Gasteiger partial charge in [-0.25, -0.2) is 8.78 Å². The third-order valence-electron chi connectivity index (χ3n) is 4.60. The quantitative estimate of drug-likeness (QED) is 0.637. The maximum atomic E-state index is 14.4. The van der Waals surface area contributed by atoms with E-state index in [2.05, 4.69) is 25.8 Å². The molecule has 0 aliphatic heterocycles. The van der Waals surface area contributed by atoms with Crippen LogP contribution in [0, 0.1) is 17.6 Å². The van der Waals surface area contributed by atoms with Crippen LogP contribution in [0.1, 0.15) is 53.5 Å². The summed E-state index contributed by atoms with van der Waals surface area (Å²) in [5.41, 5.74) is 1.34. The van der Waals surface area contributed by atoms with Crippen molar-refractivity contribution >= 4 is 0 Å². The van der Waals surface area contributed by atoms with Gasteiger partial charge in [0.1, 0.15) is 11.6 Å². The lowest BCUT2D eigenvalue weighted by molar-refractivity contribution is 0.324. The van der Waals surface area contributed by atoms with E-state index in [1.807, 2.05) is 26.8 Å². The number of nitrogens with zero attached hydrogens (tertiary/aromatic N) is 1. The van der Waals surface area contributed by atoms with Crippen molar-refractivity contribution in [3.8, 4) is 11.3 Å². The topological polar surface area (TPSA) is 12.9 Å². The first-order chi connectivity index (χ1) is 10.9. The van der Waals surface area contributed by atoms with Crippen LogP contribution >= 0.6 is 0 Å². The second-order valence-corrected chi connectivity index (χ2v) is 5.95. The molecule has 0 bridgehead atoms. The Morgan fingerprint density at radius 3 is 2.26 bits per heavy atom. The van der Waals surface area contributed by atoms with Gasteiger partial charge >= 0.3 is 0 Å². The summed E-state index contributed by atoms with van der Waals surface area (Å²) in [6, 6.07) is 7.75. The van der Waals surface area contributed by atoms with Crippen molar-refractivity contribution in [3.05, 3.63) is 53.7 Å². The zero-order valence-corrected chi connectivity index (χ0v) is 15.0. The van der Waals surface area contributed by atoms with Crippen LogP contribution in [0.5, 0.6) is 0 Å². The summed E-state index contributed by atoms with van der Waals surface area (Å²) in [5.74, 6) is -0.835. The molecule has 0 aliphatic carbocycles. The Hall–Kier alpha value is -1.77. The van der Waals surface area contributed by atoms with Crippen LogP contribution in [0.25, 0.3) is 11.3 Å². The summed E-state index contributed by atoms with van der Waals surface area (Å²) in [6.07, 6.45) is 2.42. The lowest BCUT2D eigenvalue weighted by Crippen LogP contribution is -2.29. The second kappa shape index (κ2) is 8.19. The third kappa shape index (κ3) is 3.95. The van der Waals surface area contributed by atoms with E-state index in [4.69, 9.17) is 0 Å². The average Bonchev–Trinajstić information content (AvgIpc) is 2.55. The highest BCUT2D eigenvalue weighted by Crippen LogP contribution is 2.41. The van der Waals surface area contributed by atoms with E-state index in [9.17, 15) is 8.78 Å². The normalized spacial score (nSPS) is 13.3. The van der Waals surface area contributed by atoms with Gasteiger partial charge in [0, 0.05) is 17.8 Å². The minimum atomic E-state index is -0.552. The van der Waals surface area contributed by atoms with Crippen LogP contribution in [0.15, 0.2) is 36.5 Å². The number of rotatable bonds is 4. The van der Waals surface area contributed by atoms with Gasteiger partial charge in [0.2, 0.25) is 0 Å². The van der Waals surface area contributed by atoms with Crippen molar-refractivity contribution in [1.82, 2.24) is 4.98 Å². The molecule has 0 amide bonds. The summed E-state index contributed by atoms with van der Waals surface area (Å²) >= 11 is 0. The first-order valence-electron chi connectivity index (χ1n) is 8.31. The molecule has 3 heteroatoms. The summed E-state index contributed by atoms with van der Waals surface area (Å²) in [4.78, 5) is 4.24. The van der Waals surface area contributed by atoms with Gasteiger partial charge in [0.25, 0.3) is 0 Å². The van der Waals surface area contributed by atoms with Gasteiger partial charge in [-0.3, -0.25) is 4.98 Å². The highest BCUT2D eigenvalue weighted by molar-refractivity contribution is 5.66. The number of aromatic nitrogens is 1. The Morgan fingerprint density at radius 1 is 1.13 bits per heavy atom. The highest BCUT2D eigenvalue weighted by atomic mass is 19.1. The molecule has 0 aliphatic rings. The first kappa shape index (κ1) is 19.3. The van der Waals surface area contributed by atoms with E-state index >= 15 is 0 Å². The first-order valence-corrected chi connectivity index (χ1v) is 8.31. The van der Waals surface area contributed by atoms with Gasteiger partial charge in [-0.2, -0.15) is 0 Å². The van der Waals surface area contributed by atoms with Gasteiger partial charge in [-0.05, 0) is 41.5 Å². The Bertz CT molecular complexity index is 623. The molecular formula is C20H27F2N. The fourth-order valence-corrected chi connectivity index (χ4v) is 2.70. The maximum Gasteiger partial charge on any atom is 0.135 e. The van der Waals surface area contributed by atoms with E-state index in [1.54, 1.807) is 18.3 Å². The second-order valence-electron chi connectivity index (χ2n) is 5.95. The predicted octanol–water partition coefficient (Wildman–Crippen LogP) is 6.38. The van der Waals surface area contributed by atoms with Gasteiger partial charge in [0.15, 0.2) is 0 Å². The molecule has 1 aromatic carbocycles. The fraction of sp³-hybridized carbons (Fsp3) is 0.450.